The fourth-order valence-electron chi connectivity index (χ4n) is 6.16. The smallest absolute Gasteiger partial charge is 0.0992 e. The number of aryl methyl sites for hydroxylation is 2. The SMILES string of the molecule is Cc1ccc(N(c2ccc(C)cc2)c2ccc3c(c2)Cc2cc4ccc(-c5cc(C#N)cc(C#N)c5)cc4cc2C3)cc1. The number of nitriles is 2. The maximum Gasteiger partial charge on any atom is 0.0992 e. The molecule has 6 aromatic rings. The molecule has 3 heteroatoms. The molecule has 0 N–H and O–H groups in total. The fraction of sp³-hybridized carbons (Fsp3) is 0.100. The van der Waals surface area contributed by atoms with E-state index in [4.69, 9.17) is 0 Å². The van der Waals surface area contributed by atoms with Crippen LogP contribution in [0.1, 0.15) is 44.5 Å². The van der Waals surface area contributed by atoms with Gasteiger partial charge < -0.3 is 4.90 Å². The van der Waals surface area contributed by atoms with Gasteiger partial charge in [-0.25, -0.2) is 0 Å². The summed E-state index contributed by atoms with van der Waals surface area (Å²) >= 11 is 0. The average molecular weight is 552 g/mol. The van der Waals surface area contributed by atoms with E-state index in [0.29, 0.717) is 11.1 Å². The molecule has 0 heterocycles. The van der Waals surface area contributed by atoms with Crippen molar-refractivity contribution in [3.63, 3.8) is 0 Å². The van der Waals surface area contributed by atoms with E-state index in [-0.39, 0.29) is 0 Å². The highest BCUT2D eigenvalue weighted by molar-refractivity contribution is 5.89. The van der Waals surface area contributed by atoms with E-state index in [1.165, 1.54) is 44.2 Å². The Kier molecular flexibility index (Phi) is 6.50. The molecule has 0 fully saturated rings. The van der Waals surface area contributed by atoms with Crippen molar-refractivity contribution in [1.29, 1.82) is 10.5 Å². The quantitative estimate of drug-likeness (QED) is 0.219. The second-order valence-electron chi connectivity index (χ2n) is 11.5. The highest BCUT2D eigenvalue weighted by Gasteiger charge is 2.20. The maximum atomic E-state index is 9.43. The highest BCUT2D eigenvalue weighted by Crippen LogP contribution is 2.39. The van der Waals surface area contributed by atoms with Crippen molar-refractivity contribution in [2.45, 2.75) is 26.7 Å². The minimum Gasteiger partial charge on any atom is -0.310 e. The van der Waals surface area contributed by atoms with E-state index in [1.807, 2.05) is 12.1 Å². The Morgan fingerprint density at radius 2 is 1.00 bits per heavy atom. The van der Waals surface area contributed by atoms with Gasteiger partial charge in [0.05, 0.1) is 23.3 Å². The molecule has 0 saturated heterocycles. The largest absolute Gasteiger partial charge is 0.310 e. The van der Waals surface area contributed by atoms with E-state index in [1.54, 1.807) is 6.07 Å². The molecule has 0 bridgehead atoms. The zero-order chi connectivity index (χ0) is 29.5. The Bertz CT molecular complexity index is 2030. The number of rotatable bonds is 4. The van der Waals surface area contributed by atoms with Crippen LogP contribution in [0, 0.1) is 36.5 Å². The van der Waals surface area contributed by atoms with Crippen LogP contribution in [0.3, 0.4) is 0 Å². The zero-order valence-corrected chi connectivity index (χ0v) is 24.2. The number of benzene rings is 6. The van der Waals surface area contributed by atoms with E-state index in [9.17, 15) is 10.5 Å². The average Bonchev–Trinajstić information content (AvgIpc) is 3.04. The first kappa shape index (κ1) is 26.3. The van der Waals surface area contributed by atoms with Gasteiger partial charge in [0.25, 0.3) is 0 Å². The molecule has 0 aliphatic heterocycles. The van der Waals surface area contributed by atoms with Crippen LogP contribution in [0.25, 0.3) is 21.9 Å². The first-order chi connectivity index (χ1) is 21.0. The lowest BCUT2D eigenvalue weighted by molar-refractivity contribution is 1.00. The molecule has 0 spiro atoms. The number of anilines is 3. The molecule has 43 heavy (non-hydrogen) atoms. The van der Waals surface area contributed by atoms with Crippen molar-refractivity contribution in [1.82, 2.24) is 0 Å². The number of hydrogen-bond donors (Lipinski definition) is 0. The first-order valence-corrected chi connectivity index (χ1v) is 14.5. The number of nitrogens with zero attached hydrogens (tertiary/aromatic N) is 3. The minimum atomic E-state index is 0.499. The Hall–Kier alpha value is -5.64. The van der Waals surface area contributed by atoms with E-state index in [2.05, 4.69) is 128 Å². The summed E-state index contributed by atoms with van der Waals surface area (Å²) in [7, 11) is 0. The van der Waals surface area contributed by atoms with E-state index >= 15 is 0 Å². The van der Waals surface area contributed by atoms with Crippen molar-refractivity contribution in [2.24, 2.45) is 0 Å². The first-order valence-electron chi connectivity index (χ1n) is 14.5. The molecule has 204 valence electrons. The van der Waals surface area contributed by atoms with Crippen LogP contribution in [-0.4, -0.2) is 0 Å². The normalized spacial score (nSPS) is 11.7. The third-order valence-corrected chi connectivity index (χ3v) is 8.48. The van der Waals surface area contributed by atoms with Gasteiger partial charge in [0.1, 0.15) is 0 Å². The van der Waals surface area contributed by atoms with Gasteiger partial charge in [-0.15, -0.1) is 0 Å². The van der Waals surface area contributed by atoms with Gasteiger partial charge >= 0.3 is 0 Å². The van der Waals surface area contributed by atoms with E-state index in [0.717, 1.165) is 41.0 Å². The summed E-state index contributed by atoms with van der Waals surface area (Å²) < 4.78 is 0. The molecule has 1 aliphatic rings. The Morgan fingerprint density at radius 1 is 0.465 bits per heavy atom. The van der Waals surface area contributed by atoms with Crippen LogP contribution in [0.2, 0.25) is 0 Å². The van der Waals surface area contributed by atoms with Gasteiger partial charge in [0.2, 0.25) is 0 Å². The maximum absolute atomic E-state index is 9.43. The van der Waals surface area contributed by atoms with Crippen LogP contribution >= 0.6 is 0 Å². The molecular weight excluding hydrogens is 522 g/mol. The van der Waals surface area contributed by atoms with Crippen molar-refractivity contribution < 1.29 is 0 Å². The van der Waals surface area contributed by atoms with Gasteiger partial charge in [-0.05, 0) is 132 Å². The Labute approximate surface area is 252 Å². The molecule has 0 unspecified atom stereocenters. The zero-order valence-electron chi connectivity index (χ0n) is 24.2. The second kappa shape index (κ2) is 10.6. The third-order valence-electron chi connectivity index (χ3n) is 8.48. The molecule has 1 aliphatic carbocycles. The van der Waals surface area contributed by atoms with Crippen LogP contribution in [0.15, 0.2) is 115 Å². The van der Waals surface area contributed by atoms with Crippen molar-refractivity contribution in [3.8, 4) is 23.3 Å². The lowest BCUT2D eigenvalue weighted by atomic mass is 9.84. The van der Waals surface area contributed by atoms with Crippen LogP contribution in [0.4, 0.5) is 17.1 Å². The summed E-state index contributed by atoms with van der Waals surface area (Å²) in [5.41, 5.74) is 14.3. The minimum absolute atomic E-state index is 0.499. The topological polar surface area (TPSA) is 50.8 Å². The summed E-state index contributed by atoms with van der Waals surface area (Å²) in [5, 5.41) is 21.2. The summed E-state index contributed by atoms with van der Waals surface area (Å²) in [6.45, 7) is 4.25. The Morgan fingerprint density at radius 3 is 1.60 bits per heavy atom. The van der Waals surface area contributed by atoms with Crippen molar-refractivity contribution >= 4 is 27.8 Å². The lowest BCUT2D eigenvalue weighted by Crippen LogP contribution is -2.13. The standard InChI is InChI=1S/C40H29N3/c1-26-3-10-38(11-4-26)43(39-12-5-27(2)6-13-39)40-14-9-32-20-35-21-34-18-30(33-16-28(24-41)15-29(17-33)25-42)7-8-31(34)19-36(35)22-37(32)23-40/h3-19,21,23H,20,22H2,1-2H3. The molecule has 6 aromatic carbocycles. The molecule has 0 radical (unpaired) electrons. The molecular formula is C40H29N3. The molecule has 0 aromatic heterocycles. The van der Waals surface area contributed by atoms with Gasteiger partial charge in [-0.3, -0.25) is 0 Å². The predicted molar refractivity (Wildman–Crippen MR) is 175 cm³/mol. The molecule has 0 amide bonds. The summed E-state index contributed by atoms with van der Waals surface area (Å²) in [6.07, 6.45) is 1.78. The van der Waals surface area contributed by atoms with Crippen LogP contribution < -0.4 is 4.90 Å². The van der Waals surface area contributed by atoms with Crippen molar-refractivity contribution in [3.05, 3.63) is 160 Å². The fourth-order valence-corrected chi connectivity index (χ4v) is 6.16. The monoisotopic (exact) mass is 551 g/mol. The van der Waals surface area contributed by atoms with E-state index < -0.39 is 0 Å². The van der Waals surface area contributed by atoms with Crippen LogP contribution in [0.5, 0.6) is 0 Å². The van der Waals surface area contributed by atoms with Crippen LogP contribution in [-0.2, 0) is 12.8 Å². The summed E-state index contributed by atoms with van der Waals surface area (Å²) in [6, 6.07) is 45.1. The third kappa shape index (κ3) is 5.03. The van der Waals surface area contributed by atoms with Gasteiger partial charge in [0, 0.05) is 17.1 Å². The Balaban J connectivity index is 1.25. The second-order valence-corrected chi connectivity index (χ2v) is 11.5. The summed E-state index contributed by atoms with van der Waals surface area (Å²) in [5.74, 6) is 0. The van der Waals surface area contributed by atoms with Gasteiger partial charge in [-0.1, -0.05) is 65.7 Å². The summed E-state index contributed by atoms with van der Waals surface area (Å²) in [4.78, 5) is 2.34. The molecule has 0 atom stereocenters. The number of hydrogen-bond acceptors (Lipinski definition) is 3. The molecule has 7 rings (SSSR count). The molecule has 0 saturated carbocycles. The molecule has 3 nitrogen and oxygen atoms in total. The predicted octanol–water partition coefficient (Wildman–Crippen LogP) is 9.83. The van der Waals surface area contributed by atoms with Gasteiger partial charge in [0.15, 0.2) is 0 Å². The highest BCUT2D eigenvalue weighted by atomic mass is 15.1. The van der Waals surface area contributed by atoms with Gasteiger partial charge in [-0.2, -0.15) is 10.5 Å². The number of fused-ring (bicyclic) bond motifs is 3. The van der Waals surface area contributed by atoms with Crippen molar-refractivity contribution in [2.75, 3.05) is 4.90 Å². The lowest BCUT2D eigenvalue weighted by Gasteiger charge is -2.28.